The van der Waals surface area contributed by atoms with Crippen LogP contribution in [-0.2, 0) is 10.3 Å². The molecule has 1 N–H and O–H groups in total. The lowest BCUT2D eigenvalue weighted by Crippen LogP contribution is -2.37. The molecule has 1 aromatic heterocycles. The van der Waals surface area contributed by atoms with Gasteiger partial charge in [0.2, 0.25) is 0 Å². The van der Waals surface area contributed by atoms with Crippen LogP contribution in [0.1, 0.15) is 46.4 Å². The van der Waals surface area contributed by atoms with Crippen molar-refractivity contribution in [2.75, 3.05) is 20.3 Å². The molecule has 1 heterocycles. The van der Waals surface area contributed by atoms with E-state index in [0.29, 0.717) is 12.0 Å². The Morgan fingerprint density at radius 1 is 1.44 bits per heavy atom. The fourth-order valence-corrected chi connectivity index (χ4v) is 2.01. The van der Waals surface area contributed by atoms with E-state index in [1.165, 1.54) is 5.69 Å². The molecule has 0 bridgehead atoms. The molecule has 0 amide bonds. The molecule has 104 valence electrons. The normalized spacial score (nSPS) is 14.2. The molecule has 0 aliphatic rings. The quantitative estimate of drug-likeness (QED) is 0.811. The molecule has 1 aromatic rings. The van der Waals surface area contributed by atoms with Gasteiger partial charge in [0.15, 0.2) is 0 Å². The zero-order chi connectivity index (χ0) is 13.8. The third-order valence-electron chi connectivity index (χ3n) is 3.55. The van der Waals surface area contributed by atoms with Crippen LogP contribution in [-0.4, -0.2) is 29.8 Å². The summed E-state index contributed by atoms with van der Waals surface area (Å²) in [6, 6.07) is 0.329. The summed E-state index contributed by atoms with van der Waals surface area (Å²) >= 11 is 0. The van der Waals surface area contributed by atoms with E-state index in [1.807, 2.05) is 26.5 Å². The molecular weight excluding hydrogens is 226 g/mol. The zero-order valence-corrected chi connectivity index (χ0v) is 12.5. The second-order valence-electron chi connectivity index (χ2n) is 5.53. The van der Waals surface area contributed by atoms with Crippen molar-refractivity contribution in [2.45, 2.75) is 46.2 Å². The van der Waals surface area contributed by atoms with Gasteiger partial charge >= 0.3 is 0 Å². The van der Waals surface area contributed by atoms with Crippen LogP contribution >= 0.6 is 0 Å². The molecule has 4 heteroatoms. The van der Waals surface area contributed by atoms with Crippen LogP contribution in [0.4, 0.5) is 0 Å². The van der Waals surface area contributed by atoms with Crippen LogP contribution in [0.25, 0.3) is 0 Å². The fourth-order valence-electron chi connectivity index (χ4n) is 2.01. The predicted octanol–water partition coefficient (Wildman–Crippen LogP) is 2.57. The minimum atomic E-state index is -0.0874. The van der Waals surface area contributed by atoms with Gasteiger partial charge in [-0.1, -0.05) is 13.8 Å². The van der Waals surface area contributed by atoms with Crippen LogP contribution in [0.15, 0.2) is 12.5 Å². The van der Waals surface area contributed by atoms with Crippen molar-refractivity contribution in [3.63, 3.8) is 0 Å². The average Bonchev–Trinajstić information content (AvgIpc) is 2.79. The highest BCUT2D eigenvalue weighted by molar-refractivity contribution is 5.12. The summed E-state index contributed by atoms with van der Waals surface area (Å²) in [5.41, 5.74) is 1.11. The van der Waals surface area contributed by atoms with Crippen LogP contribution in [0.2, 0.25) is 0 Å². The first-order valence-electron chi connectivity index (χ1n) is 6.73. The average molecular weight is 253 g/mol. The molecule has 0 aliphatic heterocycles. The second-order valence-corrected chi connectivity index (χ2v) is 5.53. The Kier molecular flexibility index (Phi) is 5.35. The summed E-state index contributed by atoms with van der Waals surface area (Å²) in [5, 5.41) is 3.33. The first-order valence-corrected chi connectivity index (χ1v) is 6.73. The maximum atomic E-state index is 5.61. The molecule has 0 aromatic carbocycles. The third-order valence-corrected chi connectivity index (χ3v) is 3.55. The van der Waals surface area contributed by atoms with Gasteiger partial charge < -0.3 is 14.6 Å². The van der Waals surface area contributed by atoms with Gasteiger partial charge in [0, 0.05) is 6.61 Å². The summed E-state index contributed by atoms with van der Waals surface area (Å²) in [6.07, 6.45) is 3.86. The third kappa shape index (κ3) is 3.33. The van der Waals surface area contributed by atoms with Gasteiger partial charge in [0.1, 0.15) is 0 Å². The molecule has 1 unspecified atom stereocenters. The van der Waals surface area contributed by atoms with Gasteiger partial charge in [-0.15, -0.1) is 0 Å². The van der Waals surface area contributed by atoms with Crippen LogP contribution in [0.5, 0.6) is 0 Å². The molecule has 0 radical (unpaired) electrons. The van der Waals surface area contributed by atoms with Crippen molar-refractivity contribution in [3.05, 3.63) is 18.2 Å². The number of nitrogens with one attached hydrogen (secondary N) is 1. The topological polar surface area (TPSA) is 39.1 Å². The monoisotopic (exact) mass is 253 g/mol. The number of hydrogen-bond acceptors (Lipinski definition) is 3. The largest absolute Gasteiger partial charge is 0.380 e. The standard InChI is InChI=1S/C14H27N3O/c1-7-18-9-12(11(2)3)17-10-16-8-13(17)14(4,5)15-6/h8,10-12,15H,7,9H2,1-6H3. The number of rotatable bonds is 7. The Morgan fingerprint density at radius 2 is 2.11 bits per heavy atom. The number of aromatic nitrogens is 2. The summed E-state index contributed by atoms with van der Waals surface area (Å²) in [4.78, 5) is 4.32. The van der Waals surface area contributed by atoms with E-state index in [2.05, 4.69) is 42.6 Å². The lowest BCUT2D eigenvalue weighted by molar-refractivity contribution is 0.0937. The highest BCUT2D eigenvalue weighted by Crippen LogP contribution is 2.26. The van der Waals surface area contributed by atoms with Gasteiger partial charge in [0.25, 0.3) is 0 Å². The van der Waals surface area contributed by atoms with E-state index >= 15 is 0 Å². The summed E-state index contributed by atoms with van der Waals surface area (Å²) in [7, 11) is 1.98. The first kappa shape index (κ1) is 15.2. The molecule has 0 saturated heterocycles. The van der Waals surface area contributed by atoms with E-state index < -0.39 is 0 Å². The van der Waals surface area contributed by atoms with Gasteiger partial charge in [-0.05, 0) is 33.7 Å². The van der Waals surface area contributed by atoms with Crippen molar-refractivity contribution < 1.29 is 4.74 Å². The minimum absolute atomic E-state index is 0.0874. The number of ether oxygens (including phenoxy) is 1. The molecule has 18 heavy (non-hydrogen) atoms. The summed E-state index contributed by atoms with van der Waals surface area (Å²) in [5.74, 6) is 0.511. The van der Waals surface area contributed by atoms with Gasteiger partial charge in [-0.2, -0.15) is 0 Å². The van der Waals surface area contributed by atoms with E-state index in [0.717, 1.165) is 13.2 Å². The highest BCUT2D eigenvalue weighted by Gasteiger charge is 2.26. The Bertz CT molecular complexity index is 358. The maximum absolute atomic E-state index is 5.61. The summed E-state index contributed by atoms with van der Waals surface area (Å²) < 4.78 is 7.86. The molecule has 0 aliphatic carbocycles. The molecule has 4 nitrogen and oxygen atoms in total. The van der Waals surface area contributed by atoms with Crippen LogP contribution in [0.3, 0.4) is 0 Å². The molecule has 0 saturated carbocycles. The van der Waals surface area contributed by atoms with E-state index in [9.17, 15) is 0 Å². The van der Waals surface area contributed by atoms with E-state index in [-0.39, 0.29) is 5.54 Å². The van der Waals surface area contributed by atoms with Gasteiger partial charge in [0.05, 0.1) is 36.4 Å². The minimum Gasteiger partial charge on any atom is -0.380 e. The Balaban J connectivity index is 3.02. The van der Waals surface area contributed by atoms with Crippen molar-refractivity contribution in [2.24, 2.45) is 5.92 Å². The maximum Gasteiger partial charge on any atom is 0.0952 e. The molecule has 1 atom stereocenters. The van der Waals surface area contributed by atoms with Crippen molar-refractivity contribution in [1.29, 1.82) is 0 Å². The molecule has 0 spiro atoms. The smallest absolute Gasteiger partial charge is 0.0952 e. The van der Waals surface area contributed by atoms with Crippen LogP contribution in [0, 0.1) is 5.92 Å². The zero-order valence-electron chi connectivity index (χ0n) is 12.5. The van der Waals surface area contributed by atoms with Crippen molar-refractivity contribution in [1.82, 2.24) is 14.9 Å². The molecular formula is C14H27N3O. The molecule has 1 rings (SSSR count). The predicted molar refractivity (Wildman–Crippen MR) is 74.7 cm³/mol. The number of hydrogen-bond donors (Lipinski definition) is 1. The second kappa shape index (κ2) is 6.34. The summed E-state index contributed by atoms with van der Waals surface area (Å²) in [6.45, 7) is 12.3. The Labute approximate surface area is 111 Å². The fraction of sp³-hybridized carbons (Fsp3) is 0.786. The number of imidazole rings is 1. The number of nitrogens with zero attached hydrogens (tertiary/aromatic N) is 2. The van der Waals surface area contributed by atoms with Crippen molar-refractivity contribution in [3.8, 4) is 0 Å². The first-order chi connectivity index (χ1) is 8.44. The van der Waals surface area contributed by atoms with E-state index in [1.54, 1.807) is 0 Å². The SMILES string of the molecule is CCOCC(C(C)C)n1cncc1C(C)(C)NC. The lowest BCUT2D eigenvalue weighted by Gasteiger charge is -2.31. The van der Waals surface area contributed by atoms with E-state index in [4.69, 9.17) is 4.74 Å². The highest BCUT2D eigenvalue weighted by atomic mass is 16.5. The van der Waals surface area contributed by atoms with Crippen LogP contribution < -0.4 is 5.32 Å². The van der Waals surface area contributed by atoms with Crippen molar-refractivity contribution >= 4 is 0 Å². The van der Waals surface area contributed by atoms with Gasteiger partial charge in [-0.25, -0.2) is 4.98 Å². The lowest BCUT2D eigenvalue weighted by atomic mass is 9.98. The van der Waals surface area contributed by atoms with Gasteiger partial charge in [-0.3, -0.25) is 0 Å². The Hall–Kier alpha value is -0.870. The Morgan fingerprint density at radius 3 is 2.61 bits per heavy atom. The molecule has 0 fully saturated rings.